The molecule has 0 saturated carbocycles. The van der Waals surface area contributed by atoms with Crippen molar-refractivity contribution in [2.45, 2.75) is 6.61 Å². The van der Waals surface area contributed by atoms with Crippen LogP contribution in [0, 0.1) is 0 Å². The number of fused-ring (bicyclic) bond motifs is 3. The zero-order valence-corrected chi connectivity index (χ0v) is 9.60. The van der Waals surface area contributed by atoms with Crippen LogP contribution in [0.4, 0.5) is 0 Å². The van der Waals surface area contributed by atoms with Gasteiger partial charge in [0, 0.05) is 27.4 Å². The Hall–Kier alpha value is -2.33. The maximum absolute atomic E-state index is 11.4. The van der Waals surface area contributed by atoms with Crippen LogP contribution in [0.2, 0.25) is 0 Å². The van der Waals surface area contributed by atoms with Gasteiger partial charge in [-0.25, -0.2) is 0 Å². The Morgan fingerprint density at radius 2 is 2.06 bits per heavy atom. The predicted molar refractivity (Wildman–Crippen MR) is 70.2 cm³/mol. The highest BCUT2D eigenvalue weighted by Gasteiger charge is 2.11. The summed E-state index contributed by atoms with van der Waals surface area (Å²) in [5.41, 5.74) is 8.50. The number of carbonyl (C=O) groups is 1. The minimum absolute atomic E-state index is 0.00597. The van der Waals surface area contributed by atoms with E-state index in [-0.39, 0.29) is 6.61 Å². The Morgan fingerprint density at radius 3 is 2.78 bits per heavy atom. The molecule has 2 aromatic carbocycles. The molecule has 0 bridgehead atoms. The number of aromatic nitrogens is 1. The number of aliphatic hydroxyl groups excluding tert-OH is 1. The van der Waals surface area contributed by atoms with E-state index in [4.69, 9.17) is 10.8 Å². The Kier molecular flexibility index (Phi) is 2.31. The molecule has 0 atom stereocenters. The number of rotatable bonds is 2. The summed E-state index contributed by atoms with van der Waals surface area (Å²) >= 11 is 0. The molecule has 3 rings (SSSR count). The molecule has 4 nitrogen and oxygen atoms in total. The van der Waals surface area contributed by atoms with E-state index in [1.807, 2.05) is 24.3 Å². The fourth-order valence-electron chi connectivity index (χ4n) is 2.31. The summed E-state index contributed by atoms with van der Waals surface area (Å²) in [5.74, 6) is -0.437. The molecule has 18 heavy (non-hydrogen) atoms. The van der Waals surface area contributed by atoms with Gasteiger partial charge in [0.05, 0.1) is 6.61 Å². The van der Waals surface area contributed by atoms with Gasteiger partial charge in [0.2, 0.25) is 5.91 Å². The molecule has 90 valence electrons. The molecule has 0 radical (unpaired) electrons. The number of hydrogen-bond acceptors (Lipinski definition) is 2. The molecule has 3 aromatic rings. The molecule has 0 fully saturated rings. The van der Waals surface area contributed by atoms with Crippen molar-refractivity contribution in [3.63, 3.8) is 0 Å². The fourth-order valence-corrected chi connectivity index (χ4v) is 2.31. The number of amides is 1. The fraction of sp³-hybridized carbons (Fsp3) is 0.0714. The smallest absolute Gasteiger partial charge is 0.249 e. The van der Waals surface area contributed by atoms with Gasteiger partial charge in [-0.1, -0.05) is 18.2 Å². The monoisotopic (exact) mass is 240 g/mol. The van der Waals surface area contributed by atoms with Gasteiger partial charge in [-0.2, -0.15) is 0 Å². The summed E-state index contributed by atoms with van der Waals surface area (Å²) in [6.07, 6.45) is 0. The first-order valence-corrected chi connectivity index (χ1v) is 5.64. The van der Waals surface area contributed by atoms with Gasteiger partial charge in [0.1, 0.15) is 0 Å². The van der Waals surface area contributed by atoms with Crippen molar-refractivity contribution < 1.29 is 9.90 Å². The van der Waals surface area contributed by atoms with E-state index in [0.717, 1.165) is 27.4 Å². The average Bonchev–Trinajstić information content (AvgIpc) is 2.75. The quantitative estimate of drug-likeness (QED) is 0.639. The van der Waals surface area contributed by atoms with E-state index in [2.05, 4.69) is 4.98 Å². The molecular formula is C14H12N2O2. The van der Waals surface area contributed by atoms with Gasteiger partial charge in [-0.15, -0.1) is 0 Å². The van der Waals surface area contributed by atoms with Crippen molar-refractivity contribution in [2.24, 2.45) is 5.73 Å². The molecule has 0 saturated heterocycles. The van der Waals surface area contributed by atoms with Gasteiger partial charge in [0.15, 0.2) is 0 Å². The molecule has 1 aromatic heterocycles. The summed E-state index contributed by atoms with van der Waals surface area (Å²) in [5, 5.41) is 10.9. The minimum atomic E-state index is -0.437. The lowest BCUT2D eigenvalue weighted by Crippen LogP contribution is -2.10. The second-order valence-corrected chi connectivity index (χ2v) is 4.26. The average molecular weight is 240 g/mol. The van der Waals surface area contributed by atoms with Crippen LogP contribution < -0.4 is 5.73 Å². The molecular weight excluding hydrogens is 228 g/mol. The lowest BCUT2D eigenvalue weighted by Gasteiger charge is -1.99. The first-order valence-electron chi connectivity index (χ1n) is 5.64. The lowest BCUT2D eigenvalue weighted by atomic mass is 10.0. The molecule has 0 aliphatic heterocycles. The Labute approximate surface area is 103 Å². The van der Waals surface area contributed by atoms with Gasteiger partial charge >= 0.3 is 0 Å². The van der Waals surface area contributed by atoms with Crippen LogP contribution in [0.5, 0.6) is 0 Å². The Balaban J connectivity index is 2.45. The third-order valence-electron chi connectivity index (χ3n) is 3.14. The second kappa shape index (κ2) is 3.85. The van der Waals surface area contributed by atoms with Crippen LogP contribution in [-0.4, -0.2) is 16.0 Å². The van der Waals surface area contributed by atoms with Crippen LogP contribution in [-0.2, 0) is 6.61 Å². The molecule has 4 heteroatoms. The summed E-state index contributed by atoms with van der Waals surface area (Å²) in [4.78, 5) is 14.7. The summed E-state index contributed by atoms with van der Waals surface area (Å²) < 4.78 is 0. The van der Waals surface area contributed by atoms with E-state index in [0.29, 0.717) is 5.56 Å². The zero-order valence-electron chi connectivity index (χ0n) is 9.60. The molecule has 4 N–H and O–H groups in total. The van der Waals surface area contributed by atoms with Gasteiger partial charge < -0.3 is 15.8 Å². The van der Waals surface area contributed by atoms with Crippen molar-refractivity contribution in [3.8, 4) is 0 Å². The standard InChI is InChI=1S/C14H12N2O2/c15-14(18)10-2-1-3-11-13(10)9-5-4-8(7-17)6-12(9)16-11/h1-6,16-17H,7H2,(H2,15,18). The summed E-state index contributed by atoms with van der Waals surface area (Å²) in [6, 6.07) is 11.0. The number of aliphatic hydroxyl groups is 1. The van der Waals surface area contributed by atoms with E-state index in [1.54, 1.807) is 12.1 Å². The zero-order chi connectivity index (χ0) is 12.7. The molecule has 0 unspecified atom stereocenters. The van der Waals surface area contributed by atoms with Crippen LogP contribution in [0.1, 0.15) is 15.9 Å². The third-order valence-corrected chi connectivity index (χ3v) is 3.14. The largest absolute Gasteiger partial charge is 0.392 e. The third kappa shape index (κ3) is 1.47. The number of primary amides is 1. The molecule has 1 amide bonds. The molecule has 0 aliphatic rings. The molecule has 0 aliphatic carbocycles. The maximum atomic E-state index is 11.4. The normalized spacial score (nSPS) is 11.2. The van der Waals surface area contributed by atoms with Crippen LogP contribution in [0.15, 0.2) is 36.4 Å². The van der Waals surface area contributed by atoms with Crippen LogP contribution >= 0.6 is 0 Å². The highest BCUT2D eigenvalue weighted by atomic mass is 16.3. The van der Waals surface area contributed by atoms with Crippen LogP contribution in [0.3, 0.4) is 0 Å². The first kappa shape index (κ1) is 10.8. The van der Waals surface area contributed by atoms with Gasteiger partial charge in [0.25, 0.3) is 0 Å². The summed E-state index contributed by atoms with van der Waals surface area (Å²) in [7, 11) is 0. The Bertz CT molecular complexity index is 759. The van der Waals surface area contributed by atoms with Crippen molar-refractivity contribution >= 4 is 27.7 Å². The maximum Gasteiger partial charge on any atom is 0.249 e. The molecule has 1 heterocycles. The van der Waals surface area contributed by atoms with E-state index in [1.165, 1.54) is 0 Å². The SMILES string of the molecule is NC(=O)c1cccc2[nH]c3cc(CO)ccc3c12. The minimum Gasteiger partial charge on any atom is -0.392 e. The number of nitrogens with two attached hydrogens (primary N) is 1. The topological polar surface area (TPSA) is 79.1 Å². The van der Waals surface area contributed by atoms with Crippen LogP contribution in [0.25, 0.3) is 21.8 Å². The van der Waals surface area contributed by atoms with Crippen molar-refractivity contribution in [2.75, 3.05) is 0 Å². The highest BCUT2D eigenvalue weighted by molar-refractivity contribution is 6.17. The lowest BCUT2D eigenvalue weighted by molar-refractivity contribution is 0.100. The van der Waals surface area contributed by atoms with Crippen molar-refractivity contribution in [1.82, 2.24) is 4.98 Å². The number of H-pyrrole nitrogens is 1. The van der Waals surface area contributed by atoms with Crippen molar-refractivity contribution in [3.05, 3.63) is 47.5 Å². The van der Waals surface area contributed by atoms with E-state index >= 15 is 0 Å². The number of benzene rings is 2. The van der Waals surface area contributed by atoms with Gasteiger partial charge in [-0.3, -0.25) is 4.79 Å². The number of aromatic amines is 1. The predicted octanol–water partition coefficient (Wildman–Crippen LogP) is 1.91. The highest BCUT2D eigenvalue weighted by Crippen LogP contribution is 2.28. The number of carbonyl (C=O) groups excluding carboxylic acids is 1. The van der Waals surface area contributed by atoms with E-state index in [9.17, 15) is 4.79 Å². The number of hydrogen-bond donors (Lipinski definition) is 3. The summed E-state index contributed by atoms with van der Waals surface area (Å²) in [6.45, 7) is -0.00597. The van der Waals surface area contributed by atoms with Crippen molar-refractivity contribution in [1.29, 1.82) is 0 Å². The number of nitrogens with one attached hydrogen (secondary N) is 1. The van der Waals surface area contributed by atoms with E-state index < -0.39 is 5.91 Å². The Morgan fingerprint density at radius 1 is 1.22 bits per heavy atom. The van der Waals surface area contributed by atoms with Gasteiger partial charge in [-0.05, 0) is 23.8 Å². The molecule has 0 spiro atoms. The first-order chi connectivity index (χ1) is 8.70. The second-order valence-electron chi connectivity index (χ2n) is 4.26.